The van der Waals surface area contributed by atoms with Crippen LogP contribution < -0.4 is 0 Å². The minimum atomic E-state index is -1.91. The molecule has 1 saturated carbocycles. The number of methoxy groups -OCH3 is 1. The molecule has 0 amide bonds. The SMILES string of the molecule is COC(=O)C1=COC(O)C2C3(C)OC3C(O)C12O. The number of fused-ring (bicyclic) bond motifs is 3. The molecular weight excluding hydrogens is 244 g/mol. The maximum atomic E-state index is 11.6. The van der Waals surface area contributed by atoms with Gasteiger partial charge in [-0.25, -0.2) is 4.79 Å². The van der Waals surface area contributed by atoms with E-state index in [0.29, 0.717) is 0 Å². The number of hydrogen-bond donors (Lipinski definition) is 3. The van der Waals surface area contributed by atoms with E-state index in [-0.39, 0.29) is 5.57 Å². The van der Waals surface area contributed by atoms with Crippen LogP contribution in [0.3, 0.4) is 0 Å². The number of carbonyl (C=O) groups is 1. The van der Waals surface area contributed by atoms with Gasteiger partial charge in [-0.15, -0.1) is 0 Å². The lowest BCUT2D eigenvalue weighted by molar-refractivity contribution is -0.209. The molecule has 1 aliphatic carbocycles. The van der Waals surface area contributed by atoms with Crippen LogP contribution in [0.2, 0.25) is 0 Å². The summed E-state index contributed by atoms with van der Waals surface area (Å²) < 4.78 is 14.8. The molecule has 3 aliphatic rings. The largest absolute Gasteiger partial charge is 0.472 e. The molecule has 0 aromatic rings. The second kappa shape index (κ2) is 3.24. The average molecular weight is 258 g/mol. The average Bonchev–Trinajstić information content (AvgIpc) is 2.95. The number of epoxide rings is 1. The molecule has 2 aliphatic heterocycles. The Kier molecular flexibility index (Phi) is 2.14. The van der Waals surface area contributed by atoms with E-state index in [4.69, 9.17) is 9.47 Å². The van der Waals surface area contributed by atoms with Crippen molar-refractivity contribution in [2.24, 2.45) is 5.92 Å². The summed E-state index contributed by atoms with van der Waals surface area (Å²) >= 11 is 0. The van der Waals surface area contributed by atoms with Crippen LogP contribution in [0.1, 0.15) is 6.92 Å². The van der Waals surface area contributed by atoms with Gasteiger partial charge < -0.3 is 29.5 Å². The number of aliphatic hydroxyl groups is 3. The molecular formula is C11H14O7. The molecule has 2 heterocycles. The standard InChI is InChI=1S/C11H14O7/c1-10-5-9(14)17-3-4(8(13)16-2)11(5,15)6(12)7(10)18-10/h3,5-7,9,12,14-15H,1-2H3. The zero-order valence-electron chi connectivity index (χ0n) is 9.86. The lowest BCUT2D eigenvalue weighted by atomic mass is 9.77. The predicted octanol–water partition coefficient (Wildman–Crippen LogP) is -1.73. The Morgan fingerprint density at radius 2 is 2.17 bits per heavy atom. The maximum Gasteiger partial charge on any atom is 0.339 e. The fourth-order valence-corrected chi connectivity index (χ4v) is 3.18. The van der Waals surface area contributed by atoms with E-state index in [0.717, 1.165) is 13.4 Å². The van der Waals surface area contributed by atoms with Gasteiger partial charge in [0.15, 0.2) is 0 Å². The maximum absolute atomic E-state index is 11.6. The summed E-state index contributed by atoms with van der Waals surface area (Å²) in [5.41, 5.74) is -3.02. The van der Waals surface area contributed by atoms with Crippen LogP contribution in [0, 0.1) is 5.92 Å². The quantitative estimate of drug-likeness (QED) is 0.379. The van der Waals surface area contributed by atoms with Crippen molar-refractivity contribution in [3.63, 3.8) is 0 Å². The molecule has 0 aromatic heterocycles. The third kappa shape index (κ3) is 1.10. The Hall–Kier alpha value is -1.15. The minimum Gasteiger partial charge on any atom is -0.472 e. The highest BCUT2D eigenvalue weighted by Gasteiger charge is 2.81. The molecule has 100 valence electrons. The third-order valence-electron chi connectivity index (χ3n) is 4.17. The monoisotopic (exact) mass is 258 g/mol. The van der Waals surface area contributed by atoms with Crippen molar-refractivity contribution in [2.75, 3.05) is 7.11 Å². The number of ether oxygens (including phenoxy) is 3. The van der Waals surface area contributed by atoms with Gasteiger partial charge in [0.1, 0.15) is 29.0 Å². The van der Waals surface area contributed by atoms with E-state index in [2.05, 4.69) is 4.74 Å². The summed E-state index contributed by atoms with van der Waals surface area (Å²) in [6.45, 7) is 1.65. The van der Waals surface area contributed by atoms with E-state index < -0.39 is 41.6 Å². The number of aliphatic hydroxyl groups excluding tert-OH is 2. The van der Waals surface area contributed by atoms with Gasteiger partial charge in [-0.1, -0.05) is 0 Å². The smallest absolute Gasteiger partial charge is 0.339 e. The van der Waals surface area contributed by atoms with E-state index in [1.807, 2.05) is 0 Å². The molecule has 0 spiro atoms. The van der Waals surface area contributed by atoms with Gasteiger partial charge in [0.05, 0.1) is 19.3 Å². The molecule has 0 bridgehead atoms. The van der Waals surface area contributed by atoms with Gasteiger partial charge >= 0.3 is 5.97 Å². The molecule has 6 unspecified atom stereocenters. The van der Waals surface area contributed by atoms with Gasteiger partial charge in [-0.05, 0) is 6.92 Å². The van der Waals surface area contributed by atoms with Crippen LogP contribution in [0.15, 0.2) is 11.8 Å². The first-order valence-corrected chi connectivity index (χ1v) is 5.58. The Labute approximate surface area is 103 Å². The van der Waals surface area contributed by atoms with Crippen molar-refractivity contribution in [1.82, 2.24) is 0 Å². The molecule has 0 radical (unpaired) electrons. The minimum absolute atomic E-state index is 0.204. The first-order valence-electron chi connectivity index (χ1n) is 5.58. The van der Waals surface area contributed by atoms with E-state index >= 15 is 0 Å². The molecule has 7 nitrogen and oxygen atoms in total. The van der Waals surface area contributed by atoms with Gasteiger partial charge in [0.2, 0.25) is 6.29 Å². The first-order chi connectivity index (χ1) is 8.37. The molecule has 1 saturated heterocycles. The van der Waals surface area contributed by atoms with Crippen LogP contribution in [0.5, 0.6) is 0 Å². The summed E-state index contributed by atoms with van der Waals surface area (Å²) in [5.74, 6) is -1.75. The summed E-state index contributed by atoms with van der Waals surface area (Å²) in [6.07, 6.45) is -2.35. The summed E-state index contributed by atoms with van der Waals surface area (Å²) in [7, 11) is 1.16. The highest BCUT2D eigenvalue weighted by molar-refractivity contribution is 5.91. The van der Waals surface area contributed by atoms with Crippen LogP contribution in [-0.4, -0.2) is 58.1 Å². The lowest BCUT2D eigenvalue weighted by Crippen LogP contribution is -2.58. The Balaban J connectivity index is 2.09. The molecule has 3 rings (SSSR count). The highest BCUT2D eigenvalue weighted by Crippen LogP contribution is 2.62. The fourth-order valence-electron chi connectivity index (χ4n) is 3.18. The second-order valence-electron chi connectivity index (χ2n) is 5.02. The van der Waals surface area contributed by atoms with E-state index in [1.54, 1.807) is 6.92 Å². The predicted molar refractivity (Wildman–Crippen MR) is 54.9 cm³/mol. The normalized spacial score (nSPS) is 52.8. The Morgan fingerprint density at radius 3 is 2.78 bits per heavy atom. The van der Waals surface area contributed by atoms with Crippen molar-refractivity contribution in [2.45, 2.75) is 36.6 Å². The highest BCUT2D eigenvalue weighted by atomic mass is 16.7. The zero-order valence-corrected chi connectivity index (χ0v) is 9.86. The van der Waals surface area contributed by atoms with Gasteiger partial charge in [-0.3, -0.25) is 0 Å². The summed E-state index contributed by atoms with van der Waals surface area (Å²) in [5, 5.41) is 30.6. The van der Waals surface area contributed by atoms with Crippen LogP contribution in [-0.2, 0) is 19.0 Å². The fraction of sp³-hybridized carbons (Fsp3) is 0.727. The molecule has 6 atom stereocenters. The molecule has 7 heteroatoms. The van der Waals surface area contributed by atoms with Crippen molar-refractivity contribution in [1.29, 1.82) is 0 Å². The van der Waals surface area contributed by atoms with Gasteiger partial charge in [-0.2, -0.15) is 0 Å². The van der Waals surface area contributed by atoms with E-state index in [9.17, 15) is 20.1 Å². The van der Waals surface area contributed by atoms with Crippen LogP contribution in [0.4, 0.5) is 0 Å². The number of hydrogen-bond acceptors (Lipinski definition) is 7. The Morgan fingerprint density at radius 1 is 1.50 bits per heavy atom. The summed E-state index contributed by atoms with van der Waals surface area (Å²) in [4.78, 5) is 11.6. The molecule has 3 N–H and O–H groups in total. The zero-order chi connectivity index (χ0) is 13.3. The van der Waals surface area contributed by atoms with Crippen molar-refractivity contribution >= 4 is 5.97 Å². The van der Waals surface area contributed by atoms with Gasteiger partial charge in [0, 0.05) is 0 Å². The lowest BCUT2D eigenvalue weighted by Gasteiger charge is -2.41. The number of carbonyl (C=O) groups excluding carboxylic acids is 1. The number of rotatable bonds is 1. The van der Waals surface area contributed by atoms with Gasteiger partial charge in [0.25, 0.3) is 0 Å². The van der Waals surface area contributed by atoms with Crippen molar-refractivity contribution in [3.8, 4) is 0 Å². The molecule has 18 heavy (non-hydrogen) atoms. The van der Waals surface area contributed by atoms with Crippen LogP contribution >= 0.6 is 0 Å². The number of esters is 1. The van der Waals surface area contributed by atoms with Crippen molar-refractivity contribution in [3.05, 3.63) is 11.8 Å². The first kappa shape index (κ1) is 11.9. The van der Waals surface area contributed by atoms with Crippen molar-refractivity contribution < 1.29 is 34.3 Å². The topological polar surface area (TPSA) is 109 Å². The summed E-state index contributed by atoms with van der Waals surface area (Å²) in [6, 6.07) is 0. The molecule has 2 fully saturated rings. The third-order valence-corrected chi connectivity index (χ3v) is 4.17. The molecule has 0 aromatic carbocycles. The Bertz CT molecular complexity index is 447. The second-order valence-corrected chi connectivity index (χ2v) is 5.02. The van der Waals surface area contributed by atoms with E-state index in [1.165, 1.54) is 0 Å². The van der Waals surface area contributed by atoms with Crippen LogP contribution in [0.25, 0.3) is 0 Å².